The fourth-order valence-electron chi connectivity index (χ4n) is 4.26. The van der Waals surface area contributed by atoms with E-state index in [1.165, 1.54) is 19.3 Å². The van der Waals surface area contributed by atoms with E-state index in [2.05, 4.69) is 29.5 Å². The van der Waals surface area contributed by atoms with Gasteiger partial charge in [-0.1, -0.05) is 6.42 Å². The Labute approximate surface area is 168 Å². The number of hydrogen-bond acceptors (Lipinski definition) is 4. The fraction of sp³-hybridized carbons (Fsp3) is 0.944. The molecule has 2 aliphatic carbocycles. The second kappa shape index (κ2) is 9.19. The Morgan fingerprint density at radius 1 is 1.24 bits per heavy atom. The van der Waals surface area contributed by atoms with Gasteiger partial charge in [0.15, 0.2) is 5.96 Å². The van der Waals surface area contributed by atoms with Gasteiger partial charge in [-0.25, -0.2) is 0 Å². The second-order valence-corrected chi connectivity index (χ2v) is 7.50. The van der Waals surface area contributed by atoms with Crippen LogP contribution in [-0.2, 0) is 9.47 Å². The molecule has 1 aliphatic heterocycles. The first-order valence-corrected chi connectivity index (χ1v) is 9.58. The largest absolute Gasteiger partial charge is 0.388 e. The summed E-state index contributed by atoms with van der Waals surface area (Å²) in [6.07, 6.45) is 6.57. The van der Waals surface area contributed by atoms with Crippen LogP contribution in [0.5, 0.6) is 0 Å². The second-order valence-electron chi connectivity index (χ2n) is 7.50. The molecule has 2 unspecified atom stereocenters. The summed E-state index contributed by atoms with van der Waals surface area (Å²) in [6.45, 7) is 7.44. The van der Waals surface area contributed by atoms with E-state index < -0.39 is 5.60 Å². The molecule has 0 aromatic heterocycles. The summed E-state index contributed by atoms with van der Waals surface area (Å²) in [4.78, 5) is 4.67. The average Bonchev–Trinajstić information content (AvgIpc) is 2.50. The van der Waals surface area contributed by atoms with E-state index in [4.69, 9.17) is 9.47 Å². The number of aliphatic hydroxyl groups is 1. The van der Waals surface area contributed by atoms with Crippen molar-refractivity contribution >= 4 is 29.9 Å². The molecule has 25 heavy (non-hydrogen) atoms. The average molecular weight is 467 g/mol. The molecule has 0 amide bonds. The van der Waals surface area contributed by atoms with Crippen LogP contribution in [0.3, 0.4) is 0 Å². The Morgan fingerprint density at radius 2 is 1.96 bits per heavy atom. The maximum atomic E-state index is 10.6. The molecule has 3 N–H and O–H groups in total. The van der Waals surface area contributed by atoms with E-state index in [9.17, 15) is 5.11 Å². The third kappa shape index (κ3) is 4.59. The maximum absolute atomic E-state index is 10.6. The van der Waals surface area contributed by atoms with Crippen molar-refractivity contribution in [3.05, 3.63) is 0 Å². The maximum Gasteiger partial charge on any atom is 0.191 e. The van der Waals surface area contributed by atoms with Crippen LogP contribution >= 0.6 is 24.0 Å². The summed E-state index contributed by atoms with van der Waals surface area (Å²) in [5.74, 6) is 0.823. The summed E-state index contributed by atoms with van der Waals surface area (Å²) < 4.78 is 11.3. The molecule has 7 heteroatoms. The minimum absolute atomic E-state index is 0. The van der Waals surface area contributed by atoms with Gasteiger partial charge in [0, 0.05) is 50.7 Å². The van der Waals surface area contributed by atoms with E-state index in [-0.39, 0.29) is 24.0 Å². The van der Waals surface area contributed by atoms with Crippen LogP contribution < -0.4 is 10.6 Å². The zero-order valence-corrected chi connectivity index (χ0v) is 17.9. The number of nitrogens with one attached hydrogen (secondary N) is 2. The molecule has 3 rings (SSSR count). The quantitative estimate of drug-likeness (QED) is 0.317. The van der Waals surface area contributed by atoms with Gasteiger partial charge >= 0.3 is 0 Å². The van der Waals surface area contributed by atoms with Gasteiger partial charge in [-0.05, 0) is 33.1 Å². The molecule has 1 heterocycles. The molecule has 1 spiro atoms. The molecule has 0 bridgehead atoms. The number of hydrogen-bond donors (Lipinski definition) is 3. The van der Waals surface area contributed by atoms with Crippen molar-refractivity contribution in [3.63, 3.8) is 0 Å². The van der Waals surface area contributed by atoms with Crippen LogP contribution in [0.25, 0.3) is 0 Å². The summed E-state index contributed by atoms with van der Waals surface area (Å²) in [5, 5.41) is 17.5. The van der Waals surface area contributed by atoms with Crippen LogP contribution in [0.1, 0.15) is 52.4 Å². The highest BCUT2D eigenvalue weighted by Crippen LogP contribution is 2.57. The highest BCUT2D eigenvalue weighted by Gasteiger charge is 2.59. The Kier molecular flexibility index (Phi) is 7.79. The number of guanidine groups is 1. The lowest BCUT2D eigenvalue weighted by Gasteiger charge is -2.61. The van der Waals surface area contributed by atoms with Gasteiger partial charge in [-0.3, -0.25) is 4.99 Å². The zero-order valence-electron chi connectivity index (χ0n) is 15.6. The lowest BCUT2D eigenvalue weighted by molar-refractivity contribution is -0.168. The van der Waals surface area contributed by atoms with Crippen LogP contribution in [0, 0.1) is 5.41 Å². The van der Waals surface area contributed by atoms with Crippen LogP contribution in [0.2, 0.25) is 0 Å². The lowest BCUT2D eigenvalue weighted by Crippen LogP contribution is -2.68. The highest BCUT2D eigenvalue weighted by atomic mass is 127. The number of ether oxygens (including phenoxy) is 2. The monoisotopic (exact) mass is 467 g/mol. The lowest BCUT2D eigenvalue weighted by atomic mass is 9.51. The molecule has 146 valence electrons. The normalized spacial score (nSPS) is 30.0. The van der Waals surface area contributed by atoms with Crippen molar-refractivity contribution in [2.24, 2.45) is 10.4 Å². The Balaban J connectivity index is 0.00000225. The molecule has 2 saturated carbocycles. The highest BCUT2D eigenvalue weighted by molar-refractivity contribution is 14.0. The summed E-state index contributed by atoms with van der Waals surface area (Å²) in [5.41, 5.74) is -0.413. The Morgan fingerprint density at radius 3 is 2.52 bits per heavy atom. The molecular formula is C18H34IN3O3. The minimum atomic E-state index is -0.720. The summed E-state index contributed by atoms with van der Waals surface area (Å²) >= 11 is 0. The zero-order chi connectivity index (χ0) is 17.0. The Hall–Kier alpha value is -0.120. The fourth-order valence-corrected chi connectivity index (χ4v) is 4.26. The molecule has 0 aromatic rings. The van der Waals surface area contributed by atoms with Crippen molar-refractivity contribution < 1.29 is 14.6 Å². The van der Waals surface area contributed by atoms with Gasteiger partial charge in [0.25, 0.3) is 0 Å². The van der Waals surface area contributed by atoms with E-state index in [0.29, 0.717) is 50.2 Å². The summed E-state index contributed by atoms with van der Waals surface area (Å²) in [6, 6.07) is 0.435. The molecule has 3 aliphatic rings. The molecule has 0 radical (unpaired) electrons. The number of rotatable bonds is 6. The SMILES string of the molecule is CCNC(=NCC1(O)CCOCC1)NC1CC(OCC)C12CCC2.I. The number of halogens is 1. The Bertz CT molecular complexity index is 451. The van der Waals surface area contributed by atoms with Crippen LogP contribution in [-0.4, -0.2) is 61.7 Å². The minimum Gasteiger partial charge on any atom is -0.388 e. The standard InChI is InChI=1S/C18H33N3O3.HI/c1-3-19-16(20-13-17(22)8-10-23-11-9-17)21-14-12-15(24-4-2)18(14)6-5-7-18;/h14-15,22H,3-13H2,1-2H3,(H2,19,20,21);1H. The van der Waals surface area contributed by atoms with E-state index >= 15 is 0 Å². The molecular weight excluding hydrogens is 433 g/mol. The van der Waals surface area contributed by atoms with Gasteiger partial charge < -0.3 is 25.2 Å². The smallest absolute Gasteiger partial charge is 0.191 e. The molecule has 3 fully saturated rings. The van der Waals surface area contributed by atoms with Gasteiger partial charge in [-0.2, -0.15) is 0 Å². The number of nitrogens with zero attached hydrogens (tertiary/aromatic N) is 1. The van der Waals surface area contributed by atoms with Gasteiger partial charge in [0.05, 0.1) is 18.2 Å². The number of aliphatic imine (C=N–C) groups is 1. The van der Waals surface area contributed by atoms with Crippen LogP contribution in [0.4, 0.5) is 0 Å². The van der Waals surface area contributed by atoms with Crippen molar-refractivity contribution in [1.82, 2.24) is 10.6 Å². The third-order valence-electron chi connectivity index (χ3n) is 6.05. The van der Waals surface area contributed by atoms with Crippen molar-refractivity contribution in [2.45, 2.75) is 70.1 Å². The van der Waals surface area contributed by atoms with E-state index in [1.807, 2.05) is 0 Å². The first-order valence-electron chi connectivity index (χ1n) is 9.58. The van der Waals surface area contributed by atoms with Gasteiger partial charge in [-0.15, -0.1) is 24.0 Å². The molecule has 1 saturated heterocycles. The predicted molar refractivity (Wildman–Crippen MR) is 110 cm³/mol. The molecule has 2 atom stereocenters. The van der Waals surface area contributed by atoms with Gasteiger partial charge in [0.2, 0.25) is 0 Å². The van der Waals surface area contributed by atoms with E-state index in [1.54, 1.807) is 0 Å². The van der Waals surface area contributed by atoms with Crippen molar-refractivity contribution in [1.29, 1.82) is 0 Å². The van der Waals surface area contributed by atoms with Crippen molar-refractivity contribution in [2.75, 3.05) is 32.9 Å². The summed E-state index contributed by atoms with van der Waals surface area (Å²) in [7, 11) is 0. The first-order chi connectivity index (χ1) is 11.6. The van der Waals surface area contributed by atoms with Crippen LogP contribution in [0.15, 0.2) is 4.99 Å². The predicted octanol–water partition coefficient (Wildman–Crippen LogP) is 2.05. The third-order valence-corrected chi connectivity index (χ3v) is 6.05. The van der Waals surface area contributed by atoms with Crippen molar-refractivity contribution in [3.8, 4) is 0 Å². The molecule has 6 nitrogen and oxygen atoms in total. The van der Waals surface area contributed by atoms with E-state index in [0.717, 1.165) is 25.5 Å². The topological polar surface area (TPSA) is 75.1 Å². The first kappa shape index (κ1) is 21.2. The molecule has 0 aromatic carbocycles. The van der Waals surface area contributed by atoms with Gasteiger partial charge in [0.1, 0.15) is 0 Å².